The molecule has 1 heterocycles. The van der Waals surface area contributed by atoms with Crippen molar-refractivity contribution in [2.45, 2.75) is 0 Å². The molecule has 0 fully saturated rings. The Balaban J connectivity index is 2.40. The number of nitrogens with zero attached hydrogens (tertiary/aromatic N) is 2. The number of Topliss-reactive ketones (excluding diaryl/α,β-unsaturated/α-hetero) is 1. The minimum Gasteiger partial charge on any atom is -0.758 e. The van der Waals surface area contributed by atoms with E-state index in [4.69, 9.17) is 5.41 Å². The van der Waals surface area contributed by atoms with Crippen molar-refractivity contribution in [2.24, 2.45) is 0 Å². The van der Waals surface area contributed by atoms with Crippen LogP contribution in [-0.2, 0) is 0 Å². The molecule has 2 aromatic rings. The summed E-state index contributed by atoms with van der Waals surface area (Å²) in [4.78, 5) is 12.1. The Morgan fingerprint density at radius 1 is 1.00 bits per heavy atom. The number of carbonyl (C=O) groups is 1. The summed E-state index contributed by atoms with van der Waals surface area (Å²) < 4.78 is 1.52. The van der Waals surface area contributed by atoms with Crippen LogP contribution in [0.4, 0.5) is 0 Å². The first kappa shape index (κ1) is 11.0. The van der Waals surface area contributed by atoms with Crippen LogP contribution in [0.15, 0.2) is 60.9 Å². The Labute approximate surface area is 99.2 Å². The molecule has 1 aromatic heterocycles. The number of ketones is 1. The maximum Gasteiger partial charge on any atom is 0.279 e. The van der Waals surface area contributed by atoms with Gasteiger partial charge in [-0.1, -0.05) is 36.4 Å². The van der Waals surface area contributed by atoms with Crippen LogP contribution in [0.3, 0.4) is 0 Å². The molecule has 0 radical (unpaired) electrons. The highest BCUT2D eigenvalue weighted by Gasteiger charge is 2.18. The SMILES string of the molecule is [N-]=C=C(C(=O)c1ccccc1)[n+]1ccccc1. The van der Waals surface area contributed by atoms with Crippen LogP contribution in [-0.4, -0.2) is 11.7 Å². The lowest BCUT2D eigenvalue weighted by Crippen LogP contribution is -2.35. The smallest absolute Gasteiger partial charge is 0.279 e. The fourth-order valence-corrected chi connectivity index (χ4v) is 1.50. The van der Waals surface area contributed by atoms with Crippen LogP contribution in [0.5, 0.6) is 0 Å². The summed E-state index contributed by atoms with van der Waals surface area (Å²) in [5.74, 6) is 1.67. The van der Waals surface area contributed by atoms with Gasteiger partial charge in [0.25, 0.3) is 11.5 Å². The van der Waals surface area contributed by atoms with Crippen LogP contribution < -0.4 is 4.57 Å². The van der Waals surface area contributed by atoms with Gasteiger partial charge in [0.05, 0.1) is 0 Å². The number of carbonyl (C=O) groups excluding carboxylic acids is 1. The summed E-state index contributed by atoms with van der Waals surface area (Å²) >= 11 is 0. The first-order valence-corrected chi connectivity index (χ1v) is 5.16. The molecule has 17 heavy (non-hydrogen) atoms. The third kappa shape index (κ3) is 2.36. The average molecular weight is 222 g/mol. The minimum atomic E-state index is -0.274. The number of rotatable bonds is 3. The molecule has 0 atom stereocenters. The van der Waals surface area contributed by atoms with E-state index in [1.807, 2.05) is 18.0 Å². The van der Waals surface area contributed by atoms with Crippen molar-refractivity contribution in [2.75, 3.05) is 0 Å². The fraction of sp³-hybridized carbons (Fsp3) is 0. The lowest BCUT2D eigenvalue weighted by atomic mass is 10.1. The number of hydrogen-bond donors (Lipinski definition) is 0. The van der Waals surface area contributed by atoms with Gasteiger partial charge in [-0.05, 0) is 0 Å². The van der Waals surface area contributed by atoms with E-state index in [1.165, 1.54) is 4.57 Å². The number of allylic oxidation sites excluding steroid dienone is 1. The van der Waals surface area contributed by atoms with E-state index in [2.05, 4.69) is 0 Å². The van der Waals surface area contributed by atoms with E-state index in [-0.39, 0.29) is 11.5 Å². The molecule has 0 aliphatic heterocycles. The number of hydrogen-bond acceptors (Lipinski definition) is 1. The zero-order valence-electron chi connectivity index (χ0n) is 9.08. The highest BCUT2D eigenvalue weighted by Crippen LogP contribution is 2.05. The van der Waals surface area contributed by atoms with Gasteiger partial charge in [-0.2, -0.15) is 10.4 Å². The Kier molecular flexibility index (Phi) is 3.24. The maximum atomic E-state index is 12.1. The average Bonchev–Trinajstić information content (AvgIpc) is 2.42. The Hall–Kier alpha value is -2.51. The standard InChI is InChI=1S/C14H10N2O/c15-11-13(16-9-5-2-6-10-16)14(17)12-7-3-1-4-8-12/h1-10H. The van der Waals surface area contributed by atoms with Crippen molar-refractivity contribution in [1.29, 1.82) is 0 Å². The molecule has 0 unspecified atom stereocenters. The highest BCUT2D eigenvalue weighted by atomic mass is 16.1. The van der Waals surface area contributed by atoms with Gasteiger partial charge in [0.1, 0.15) is 0 Å². The lowest BCUT2D eigenvalue weighted by molar-refractivity contribution is -0.575. The molecule has 3 nitrogen and oxygen atoms in total. The molecule has 0 saturated heterocycles. The van der Waals surface area contributed by atoms with Crippen molar-refractivity contribution >= 4 is 17.4 Å². The molecule has 0 N–H and O–H groups in total. The molecule has 0 spiro atoms. The van der Waals surface area contributed by atoms with Crippen molar-refractivity contribution in [3.8, 4) is 0 Å². The minimum absolute atomic E-state index is 0.0943. The Morgan fingerprint density at radius 2 is 1.59 bits per heavy atom. The normalized spacial score (nSPS) is 9.41. The molecular weight excluding hydrogens is 212 g/mol. The summed E-state index contributed by atoms with van der Waals surface area (Å²) in [7, 11) is 0. The Morgan fingerprint density at radius 3 is 2.18 bits per heavy atom. The van der Waals surface area contributed by atoms with Gasteiger partial charge in [-0.15, -0.1) is 0 Å². The molecule has 2 rings (SSSR count). The second-order valence-corrected chi connectivity index (χ2v) is 3.44. The van der Waals surface area contributed by atoms with Gasteiger partial charge in [0.2, 0.25) is 0 Å². The summed E-state index contributed by atoms with van der Waals surface area (Å²) in [6.45, 7) is 0. The summed E-state index contributed by atoms with van der Waals surface area (Å²) in [6.07, 6.45) is 3.36. The summed E-state index contributed by atoms with van der Waals surface area (Å²) in [6, 6.07) is 14.2. The van der Waals surface area contributed by atoms with Crippen LogP contribution in [0.2, 0.25) is 0 Å². The third-order valence-corrected chi connectivity index (χ3v) is 2.33. The highest BCUT2D eigenvalue weighted by molar-refractivity contribution is 6.28. The largest absolute Gasteiger partial charge is 0.758 e. The van der Waals surface area contributed by atoms with Crippen LogP contribution in [0.1, 0.15) is 10.4 Å². The summed E-state index contributed by atoms with van der Waals surface area (Å²) in [5, 5.41) is 9.08. The van der Waals surface area contributed by atoms with Gasteiger partial charge in [-0.25, -0.2) is 0 Å². The first-order valence-electron chi connectivity index (χ1n) is 5.16. The van der Waals surface area contributed by atoms with Crippen molar-refractivity contribution < 1.29 is 9.36 Å². The van der Waals surface area contributed by atoms with Gasteiger partial charge in [-0.3, -0.25) is 4.79 Å². The van der Waals surface area contributed by atoms with E-state index >= 15 is 0 Å². The second kappa shape index (κ2) is 5.01. The van der Waals surface area contributed by atoms with Crippen LogP contribution in [0, 0.1) is 0 Å². The number of aromatic nitrogens is 1. The second-order valence-electron chi connectivity index (χ2n) is 3.44. The van der Waals surface area contributed by atoms with E-state index < -0.39 is 0 Å². The topological polar surface area (TPSA) is 43.3 Å². The molecule has 0 saturated carbocycles. The van der Waals surface area contributed by atoms with Gasteiger partial charge in [0, 0.05) is 17.7 Å². The van der Waals surface area contributed by atoms with E-state index in [9.17, 15) is 4.79 Å². The molecule has 0 amide bonds. The predicted molar refractivity (Wildman–Crippen MR) is 65.5 cm³/mol. The van der Waals surface area contributed by atoms with E-state index in [0.717, 1.165) is 0 Å². The quantitative estimate of drug-likeness (QED) is 0.338. The number of pyridine rings is 1. The Bertz CT molecular complexity index is 570. The maximum absolute atomic E-state index is 12.1. The molecule has 82 valence electrons. The monoisotopic (exact) mass is 222 g/mol. The number of benzene rings is 1. The van der Waals surface area contributed by atoms with E-state index in [0.29, 0.717) is 5.56 Å². The molecule has 3 heteroatoms. The van der Waals surface area contributed by atoms with Crippen molar-refractivity contribution in [1.82, 2.24) is 0 Å². The molecule has 0 aliphatic rings. The van der Waals surface area contributed by atoms with Gasteiger partial charge >= 0.3 is 0 Å². The lowest BCUT2D eigenvalue weighted by Gasteiger charge is -2.00. The molecule has 1 aromatic carbocycles. The van der Waals surface area contributed by atoms with Crippen molar-refractivity contribution in [3.05, 3.63) is 71.9 Å². The molecule has 0 aliphatic carbocycles. The van der Waals surface area contributed by atoms with Crippen LogP contribution >= 0.6 is 0 Å². The zero-order chi connectivity index (χ0) is 12.1. The molecule has 0 bridgehead atoms. The molecular formula is C14H10N2O. The summed E-state index contributed by atoms with van der Waals surface area (Å²) in [5.41, 5.74) is 0.609. The van der Waals surface area contributed by atoms with Crippen LogP contribution in [0.25, 0.3) is 11.1 Å². The van der Waals surface area contributed by atoms with E-state index in [1.54, 1.807) is 48.8 Å². The third-order valence-electron chi connectivity index (χ3n) is 2.33. The fourth-order valence-electron chi connectivity index (χ4n) is 1.50. The predicted octanol–water partition coefficient (Wildman–Crippen LogP) is 1.94. The van der Waals surface area contributed by atoms with Crippen molar-refractivity contribution in [3.63, 3.8) is 0 Å². The zero-order valence-corrected chi connectivity index (χ0v) is 9.08. The first-order chi connectivity index (χ1) is 8.33. The van der Waals surface area contributed by atoms with Gasteiger partial charge in [0.15, 0.2) is 12.4 Å². The van der Waals surface area contributed by atoms with Gasteiger partial charge < -0.3 is 5.41 Å².